The van der Waals surface area contributed by atoms with Gasteiger partial charge in [0.05, 0.1) is 6.04 Å². The number of nitrogens with one attached hydrogen (secondary N) is 1. The number of nitrogens with zero attached hydrogens (tertiary/aromatic N) is 2. The van der Waals surface area contributed by atoms with Crippen LogP contribution in [0, 0.1) is 0 Å². The predicted molar refractivity (Wildman–Crippen MR) is 95.6 cm³/mol. The lowest BCUT2D eigenvalue weighted by molar-refractivity contribution is 0.194. The summed E-state index contributed by atoms with van der Waals surface area (Å²) in [6.45, 7) is 2.55. The highest BCUT2D eigenvalue weighted by Crippen LogP contribution is 2.18. The van der Waals surface area contributed by atoms with E-state index >= 15 is 0 Å². The zero-order chi connectivity index (χ0) is 16.8. The lowest BCUT2D eigenvalue weighted by Crippen LogP contribution is -2.38. The number of carbonyl (C=O) groups excluding carboxylic acids is 1. The number of amides is 2. The number of hydrogen-bond acceptors (Lipinski definition) is 2. The van der Waals surface area contributed by atoms with E-state index in [2.05, 4.69) is 22.3 Å². The molecule has 0 aliphatic carbocycles. The third-order valence-corrected chi connectivity index (χ3v) is 4.08. The third kappa shape index (κ3) is 4.49. The van der Waals surface area contributed by atoms with Gasteiger partial charge in [-0.3, -0.25) is 0 Å². The maximum Gasteiger partial charge on any atom is 0.317 e. The molecule has 0 heterocycles. The van der Waals surface area contributed by atoms with Gasteiger partial charge in [0.1, 0.15) is 0 Å². The van der Waals surface area contributed by atoms with Crippen LogP contribution in [0.1, 0.15) is 24.1 Å². The van der Waals surface area contributed by atoms with Crippen molar-refractivity contribution >= 4 is 11.7 Å². The summed E-state index contributed by atoms with van der Waals surface area (Å²) in [6, 6.07) is 18.2. The second-order valence-corrected chi connectivity index (χ2v) is 5.92. The van der Waals surface area contributed by atoms with Crippen LogP contribution in [-0.4, -0.2) is 32.1 Å². The molecule has 1 atom stereocenters. The molecule has 0 aromatic heterocycles. The van der Waals surface area contributed by atoms with E-state index in [1.165, 1.54) is 0 Å². The summed E-state index contributed by atoms with van der Waals surface area (Å²) in [4.78, 5) is 16.1. The average molecular weight is 311 g/mol. The minimum absolute atomic E-state index is 0.0346. The van der Waals surface area contributed by atoms with Crippen LogP contribution in [0.25, 0.3) is 0 Å². The summed E-state index contributed by atoms with van der Waals surface area (Å²) < 4.78 is 0. The van der Waals surface area contributed by atoms with E-state index in [1.54, 1.807) is 4.90 Å². The first-order chi connectivity index (χ1) is 11.0. The van der Waals surface area contributed by atoms with Crippen molar-refractivity contribution in [2.45, 2.75) is 19.5 Å². The summed E-state index contributed by atoms with van der Waals surface area (Å²) in [5, 5.41) is 2.97. The van der Waals surface area contributed by atoms with E-state index in [4.69, 9.17) is 0 Å². The highest BCUT2D eigenvalue weighted by molar-refractivity contribution is 5.74. The van der Waals surface area contributed by atoms with Gasteiger partial charge >= 0.3 is 6.03 Å². The highest BCUT2D eigenvalue weighted by Gasteiger charge is 2.16. The van der Waals surface area contributed by atoms with Crippen LogP contribution >= 0.6 is 0 Å². The summed E-state index contributed by atoms with van der Waals surface area (Å²) in [6.07, 6.45) is 0. The molecule has 0 aliphatic heterocycles. The first-order valence-corrected chi connectivity index (χ1v) is 7.81. The molecule has 4 heteroatoms. The second kappa shape index (κ2) is 7.68. The Morgan fingerprint density at radius 1 is 1.00 bits per heavy atom. The third-order valence-electron chi connectivity index (χ3n) is 4.08. The number of anilines is 1. The quantitative estimate of drug-likeness (QED) is 0.915. The Bertz CT molecular complexity index is 623. The lowest BCUT2D eigenvalue weighted by atomic mass is 10.1. The van der Waals surface area contributed by atoms with Crippen LogP contribution in [0.3, 0.4) is 0 Å². The molecule has 1 N–H and O–H groups in total. The van der Waals surface area contributed by atoms with Gasteiger partial charge in [-0.05, 0) is 30.2 Å². The van der Waals surface area contributed by atoms with E-state index in [9.17, 15) is 4.79 Å². The fraction of sp³-hybridized carbons (Fsp3) is 0.316. The molecule has 2 aromatic rings. The molecular weight excluding hydrogens is 286 g/mol. The lowest BCUT2D eigenvalue weighted by Gasteiger charge is -2.25. The van der Waals surface area contributed by atoms with E-state index in [1.807, 2.05) is 70.5 Å². The topological polar surface area (TPSA) is 35.6 Å². The Morgan fingerprint density at radius 3 is 2.17 bits per heavy atom. The molecule has 0 fully saturated rings. The fourth-order valence-electron chi connectivity index (χ4n) is 2.35. The van der Waals surface area contributed by atoms with Crippen molar-refractivity contribution in [3.8, 4) is 0 Å². The van der Waals surface area contributed by atoms with Crippen LogP contribution in [0.5, 0.6) is 0 Å². The second-order valence-electron chi connectivity index (χ2n) is 5.92. The molecule has 2 aromatic carbocycles. The van der Waals surface area contributed by atoms with Gasteiger partial charge in [0.2, 0.25) is 0 Å². The zero-order valence-corrected chi connectivity index (χ0v) is 14.3. The van der Waals surface area contributed by atoms with Crippen molar-refractivity contribution in [2.75, 3.05) is 26.0 Å². The van der Waals surface area contributed by atoms with Gasteiger partial charge in [-0.2, -0.15) is 0 Å². The molecule has 122 valence electrons. The van der Waals surface area contributed by atoms with Crippen molar-refractivity contribution in [3.05, 3.63) is 65.7 Å². The number of rotatable bonds is 5. The van der Waals surface area contributed by atoms with Gasteiger partial charge in [-0.1, -0.05) is 42.5 Å². The molecule has 23 heavy (non-hydrogen) atoms. The van der Waals surface area contributed by atoms with Crippen molar-refractivity contribution < 1.29 is 4.79 Å². The summed E-state index contributed by atoms with van der Waals surface area (Å²) in [5.74, 6) is 0. The minimum atomic E-state index is -0.0713. The number of urea groups is 1. The molecule has 1 unspecified atom stereocenters. The zero-order valence-electron chi connectivity index (χ0n) is 14.3. The van der Waals surface area contributed by atoms with Gasteiger partial charge in [0.15, 0.2) is 0 Å². The molecular formula is C19H25N3O. The Hall–Kier alpha value is -2.49. The van der Waals surface area contributed by atoms with Crippen molar-refractivity contribution in [1.82, 2.24) is 10.2 Å². The Balaban J connectivity index is 1.91. The van der Waals surface area contributed by atoms with Crippen LogP contribution < -0.4 is 10.2 Å². The van der Waals surface area contributed by atoms with Gasteiger partial charge < -0.3 is 15.1 Å². The van der Waals surface area contributed by atoms with Gasteiger partial charge in [0, 0.05) is 33.4 Å². The normalized spacial score (nSPS) is 11.7. The smallest absolute Gasteiger partial charge is 0.317 e. The molecule has 4 nitrogen and oxygen atoms in total. The van der Waals surface area contributed by atoms with Gasteiger partial charge in [-0.15, -0.1) is 0 Å². The minimum Gasteiger partial charge on any atom is -0.378 e. The number of benzene rings is 2. The van der Waals surface area contributed by atoms with Crippen LogP contribution in [0.4, 0.5) is 10.5 Å². The van der Waals surface area contributed by atoms with Crippen LogP contribution in [0.15, 0.2) is 54.6 Å². The molecule has 0 aliphatic rings. The highest BCUT2D eigenvalue weighted by atomic mass is 16.2. The monoisotopic (exact) mass is 311 g/mol. The fourth-order valence-corrected chi connectivity index (χ4v) is 2.35. The molecule has 0 spiro atoms. The molecule has 0 radical (unpaired) electrons. The maximum absolute atomic E-state index is 12.3. The average Bonchev–Trinajstić information content (AvgIpc) is 2.59. The van der Waals surface area contributed by atoms with Crippen LogP contribution in [0.2, 0.25) is 0 Å². The van der Waals surface area contributed by atoms with Crippen molar-refractivity contribution in [3.63, 3.8) is 0 Å². The Morgan fingerprint density at radius 2 is 1.61 bits per heavy atom. The van der Waals surface area contributed by atoms with E-state index in [-0.39, 0.29) is 12.1 Å². The molecule has 0 bridgehead atoms. The Kier molecular flexibility index (Phi) is 5.63. The maximum atomic E-state index is 12.3. The molecule has 0 saturated heterocycles. The van der Waals surface area contributed by atoms with E-state index in [0.717, 1.165) is 16.8 Å². The van der Waals surface area contributed by atoms with Gasteiger partial charge in [0.25, 0.3) is 0 Å². The van der Waals surface area contributed by atoms with Crippen molar-refractivity contribution in [1.29, 1.82) is 0 Å². The van der Waals surface area contributed by atoms with Crippen LogP contribution in [-0.2, 0) is 6.54 Å². The number of hydrogen-bond donors (Lipinski definition) is 1. The van der Waals surface area contributed by atoms with Gasteiger partial charge in [-0.25, -0.2) is 4.79 Å². The largest absolute Gasteiger partial charge is 0.378 e. The van der Waals surface area contributed by atoms with E-state index < -0.39 is 0 Å². The summed E-state index contributed by atoms with van der Waals surface area (Å²) >= 11 is 0. The number of carbonyl (C=O) groups is 1. The molecule has 0 saturated carbocycles. The predicted octanol–water partition coefficient (Wildman–Crippen LogP) is 3.66. The standard InChI is InChI=1S/C19H25N3O/c1-15(17-8-6-5-7-9-17)22(4)19(23)20-14-16-10-12-18(13-11-16)21(2)3/h5-13,15H,14H2,1-4H3,(H,20,23). The SMILES string of the molecule is CC(c1ccccc1)N(C)C(=O)NCc1ccc(N(C)C)cc1. The molecule has 2 amide bonds. The molecule has 2 rings (SSSR count). The summed E-state index contributed by atoms with van der Waals surface area (Å²) in [5.41, 5.74) is 3.36. The first-order valence-electron chi connectivity index (χ1n) is 7.81. The Labute approximate surface area is 138 Å². The van der Waals surface area contributed by atoms with Crippen molar-refractivity contribution in [2.24, 2.45) is 0 Å². The first kappa shape index (κ1) is 16.9. The van der Waals surface area contributed by atoms with E-state index in [0.29, 0.717) is 6.54 Å². The summed E-state index contributed by atoms with van der Waals surface area (Å²) in [7, 11) is 5.84.